The number of alkyl halides is 2. The lowest BCUT2D eigenvalue weighted by atomic mass is 10.2. The molecule has 4 nitrogen and oxygen atoms in total. The third kappa shape index (κ3) is 3.42. The van der Waals surface area contributed by atoms with Gasteiger partial charge in [0.25, 0.3) is 5.91 Å². The van der Waals surface area contributed by atoms with Crippen molar-refractivity contribution in [2.24, 2.45) is 0 Å². The van der Waals surface area contributed by atoms with E-state index >= 15 is 0 Å². The molecule has 1 fully saturated rings. The van der Waals surface area contributed by atoms with Gasteiger partial charge in [-0.05, 0) is 30.7 Å². The molecule has 0 saturated heterocycles. The molecule has 2 rings (SSSR count). The molecule has 1 amide bonds. The van der Waals surface area contributed by atoms with Gasteiger partial charge in [0, 0.05) is 7.11 Å². The van der Waals surface area contributed by atoms with E-state index in [0.29, 0.717) is 0 Å². The van der Waals surface area contributed by atoms with Gasteiger partial charge in [0.2, 0.25) is 0 Å². The number of carbonyl (C=O) groups is 1. The summed E-state index contributed by atoms with van der Waals surface area (Å²) in [5, 5.41) is 4.37. The minimum atomic E-state index is -2.93. The highest BCUT2D eigenvalue weighted by molar-refractivity contribution is 7.12. The topological polar surface area (TPSA) is 47.6 Å². The molecule has 1 aliphatic carbocycles. The van der Waals surface area contributed by atoms with Crippen LogP contribution in [0.15, 0.2) is 11.4 Å². The maximum absolute atomic E-state index is 12.2. The van der Waals surface area contributed by atoms with Gasteiger partial charge in [-0.1, -0.05) is 0 Å². The number of hydrogen-bond donors (Lipinski definition) is 1. The summed E-state index contributed by atoms with van der Waals surface area (Å²) >= 11 is 1.08. The van der Waals surface area contributed by atoms with Crippen molar-refractivity contribution in [1.29, 1.82) is 0 Å². The molecule has 0 bridgehead atoms. The van der Waals surface area contributed by atoms with Crippen molar-refractivity contribution < 1.29 is 23.0 Å². The zero-order valence-corrected chi connectivity index (χ0v) is 11.2. The van der Waals surface area contributed by atoms with E-state index in [-0.39, 0.29) is 28.7 Å². The van der Waals surface area contributed by atoms with Crippen LogP contribution in [0.4, 0.5) is 8.78 Å². The second kappa shape index (κ2) is 6.29. The maximum atomic E-state index is 12.2. The number of amides is 1. The van der Waals surface area contributed by atoms with Crippen LogP contribution in [0.1, 0.15) is 28.9 Å². The SMILES string of the molecule is CO[C@H]1CCC[C@@H]1NC(=O)c1sccc1OC(F)F. The van der Waals surface area contributed by atoms with Gasteiger partial charge in [-0.2, -0.15) is 8.78 Å². The highest BCUT2D eigenvalue weighted by Gasteiger charge is 2.29. The van der Waals surface area contributed by atoms with Crippen LogP contribution in [-0.4, -0.2) is 31.8 Å². The minimum absolute atomic E-state index is 0.0108. The molecule has 19 heavy (non-hydrogen) atoms. The fourth-order valence-corrected chi connectivity index (χ4v) is 2.99. The van der Waals surface area contributed by atoms with Crippen LogP contribution in [-0.2, 0) is 4.74 Å². The minimum Gasteiger partial charge on any atom is -0.433 e. The van der Waals surface area contributed by atoms with Crippen LogP contribution < -0.4 is 10.1 Å². The van der Waals surface area contributed by atoms with E-state index in [1.165, 1.54) is 6.07 Å². The summed E-state index contributed by atoms with van der Waals surface area (Å²) in [6.07, 6.45) is 2.70. The van der Waals surface area contributed by atoms with E-state index in [9.17, 15) is 13.6 Å². The Morgan fingerprint density at radius 2 is 2.32 bits per heavy atom. The van der Waals surface area contributed by atoms with Gasteiger partial charge >= 0.3 is 6.61 Å². The lowest BCUT2D eigenvalue weighted by Gasteiger charge is -2.19. The predicted octanol–water partition coefficient (Wildman–Crippen LogP) is 2.65. The largest absolute Gasteiger partial charge is 0.433 e. The number of carbonyl (C=O) groups excluding carboxylic acids is 1. The van der Waals surface area contributed by atoms with Crippen molar-refractivity contribution in [2.45, 2.75) is 38.0 Å². The summed E-state index contributed by atoms with van der Waals surface area (Å²) in [5.74, 6) is -0.468. The highest BCUT2D eigenvalue weighted by Crippen LogP contribution is 2.28. The highest BCUT2D eigenvalue weighted by atomic mass is 32.1. The first-order valence-electron chi connectivity index (χ1n) is 5.97. The summed E-state index contributed by atoms with van der Waals surface area (Å²) in [4.78, 5) is 12.2. The number of halogens is 2. The zero-order chi connectivity index (χ0) is 13.8. The molecule has 1 N–H and O–H groups in total. The Bertz CT molecular complexity index is 438. The molecular weight excluding hydrogens is 276 g/mol. The van der Waals surface area contributed by atoms with Gasteiger partial charge < -0.3 is 14.8 Å². The molecule has 0 unspecified atom stereocenters. The number of ether oxygens (including phenoxy) is 2. The Kier molecular flexibility index (Phi) is 4.71. The lowest BCUT2D eigenvalue weighted by Crippen LogP contribution is -2.40. The first-order valence-corrected chi connectivity index (χ1v) is 6.85. The molecule has 0 radical (unpaired) electrons. The van der Waals surface area contributed by atoms with Crippen LogP contribution in [0.2, 0.25) is 0 Å². The summed E-state index contributed by atoms with van der Waals surface area (Å²) in [7, 11) is 1.60. The number of rotatable bonds is 5. The van der Waals surface area contributed by atoms with Crippen molar-refractivity contribution >= 4 is 17.2 Å². The quantitative estimate of drug-likeness (QED) is 0.907. The summed E-state index contributed by atoms with van der Waals surface area (Å²) in [6.45, 7) is -2.93. The van der Waals surface area contributed by atoms with Crippen molar-refractivity contribution in [3.05, 3.63) is 16.3 Å². The molecule has 7 heteroatoms. The molecule has 1 heterocycles. The van der Waals surface area contributed by atoms with Crippen LogP contribution in [0.5, 0.6) is 5.75 Å². The number of hydrogen-bond acceptors (Lipinski definition) is 4. The third-order valence-corrected chi connectivity index (χ3v) is 4.02. The number of methoxy groups -OCH3 is 1. The normalized spacial score (nSPS) is 22.7. The molecule has 2 atom stereocenters. The Hall–Kier alpha value is -1.21. The molecule has 0 aliphatic heterocycles. The summed E-state index contributed by atoms with van der Waals surface area (Å²) < 4.78 is 34.0. The van der Waals surface area contributed by atoms with Gasteiger partial charge in [0.05, 0.1) is 12.1 Å². The second-order valence-electron chi connectivity index (χ2n) is 4.28. The average Bonchev–Trinajstić information content (AvgIpc) is 2.97. The molecule has 1 saturated carbocycles. The van der Waals surface area contributed by atoms with E-state index in [1.54, 1.807) is 12.5 Å². The Labute approximate surface area is 113 Å². The van der Waals surface area contributed by atoms with Gasteiger partial charge in [-0.25, -0.2) is 0 Å². The van der Waals surface area contributed by atoms with E-state index in [0.717, 1.165) is 30.6 Å². The van der Waals surface area contributed by atoms with E-state index < -0.39 is 6.61 Å². The number of thiophene rings is 1. The zero-order valence-electron chi connectivity index (χ0n) is 10.4. The second-order valence-corrected chi connectivity index (χ2v) is 5.19. The molecule has 0 spiro atoms. The van der Waals surface area contributed by atoms with Crippen molar-refractivity contribution in [1.82, 2.24) is 5.32 Å². The predicted molar refractivity (Wildman–Crippen MR) is 66.9 cm³/mol. The molecule has 0 aromatic carbocycles. The molecule has 1 aromatic heterocycles. The molecule has 1 aliphatic rings. The maximum Gasteiger partial charge on any atom is 0.387 e. The van der Waals surface area contributed by atoms with Crippen LogP contribution in [0, 0.1) is 0 Å². The van der Waals surface area contributed by atoms with Crippen molar-refractivity contribution in [3.8, 4) is 5.75 Å². The summed E-state index contributed by atoms with van der Waals surface area (Å²) in [6, 6.07) is 1.30. The third-order valence-electron chi connectivity index (χ3n) is 3.12. The Morgan fingerprint density at radius 1 is 1.53 bits per heavy atom. The first kappa shape index (κ1) is 14.2. The van der Waals surface area contributed by atoms with Crippen LogP contribution in [0.25, 0.3) is 0 Å². The smallest absolute Gasteiger partial charge is 0.387 e. The Morgan fingerprint density at radius 3 is 3.00 bits per heavy atom. The van der Waals surface area contributed by atoms with Crippen LogP contribution >= 0.6 is 11.3 Å². The first-order chi connectivity index (χ1) is 9.11. The fourth-order valence-electron chi connectivity index (χ4n) is 2.26. The van der Waals surface area contributed by atoms with E-state index in [4.69, 9.17) is 4.74 Å². The standard InChI is InChI=1S/C12H15F2NO3S/c1-17-8-4-2-3-7(8)15-11(16)10-9(5-6-19-10)18-12(13)14/h5-8,12H,2-4H2,1H3,(H,15,16)/t7-,8-/m0/s1. The molecule has 1 aromatic rings. The van der Waals surface area contributed by atoms with E-state index in [1.807, 2.05) is 0 Å². The lowest BCUT2D eigenvalue weighted by molar-refractivity contribution is -0.0498. The summed E-state index contributed by atoms with van der Waals surface area (Å²) in [5.41, 5.74) is 0. The van der Waals surface area contributed by atoms with Gasteiger partial charge in [0.15, 0.2) is 0 Å². The van der Waals surface area contributed by atoms with E-state index in [2.05, 4.69) is 10.1 Å². The van der Waals surface area contributed by atoms with Crippen molar-refractivity contribution in [2.75, 3.05) is 7.11 Å². The fraction of sp³-hybridized carbons (Fsp3) is 0.583. The van der Waals surface area contributed by atoms with Crippen LogP contribution in [0.3, 0.4) is 0 Å². The van der Waals surface area contributed by atoms with Crippen molar-refractivity contribution in [3.63, 3.8) is 0 Å². The number of nitrogens with one attached hydrogen (secondary N) is 1. The average molecular weight is 291 g/mol. The Balaban J connectivity index is 2.01. The molecular formula is C12H15F2NO3S. The monoisotopic (exact) mass is 291 g/mol. The van der Waals surface area contributed by atoms with Gasteiger partial charge in [-0.15, -0.1) is 11.3 Å². The molecule has 106 valence electrons. The van der Waals surface area contributed by atoms with Gasteiger partial charge in [0.1, 0.15) is 10.6 Å². The van der Waals surface area contributed by atoms with Gasteiger partial charge in [-0.3, -0.25) is 4.79 Å².